The molecule has 7 heteroatoms. The molecule has 32 heavy (non-hydrogen) atoms. The summed E-state index contributed by atoms with van der Waals surface area (Å²) in [6.07, 6.45) is 1.52. The highest BCUT2D eigenvalue weighted by Crippen LogP contribution is 2.30. The van der Waals surface area contributed by atoms with Gasteiger partial charge in [-0.05, 0) is 49.2 Å². The Morgan fingerprint density at radius 1 is 1.00 bits per heavy atom. The molecule has 4 rings (SSSR count). The van der Waals surface area contributed by atoms with Crippen molar-refractivity contribution in [1.29, 1.82) is 0 Å². The summed E-state index contributed by atoms with van der Waals surface area (Å²) in [5.74, 6) is 3.13. The van der Waals surface area contributed by atoms with Gasteiger partial charge in [0.05, 0.1) is 10.9 Å². The van der Waals surface area contributed by atoms with Crippen molar-refractivity contribution in [3.8, 4) is 11.6 Å². The highest BCUT2D eigenvalue weighted by molar-refractivity contribution is 5.85. The molecule has 0 bridgehead atoms. The standard InChI is InChI=1S/C25H27N5O2/c1-15-10-20-21(11-16(15)2)26-14-27-24(20)31-19-9-7-8-18(12-19)28-17(3)29-23-13-22(32-30-23)25(4,5)6/h7-14,28H,3H2,1-2,4-6H3,(H,29,30). The minimum atomic E-state index is -0.115. The third-order valence-electron chi connectivity index (χ3n) is 5.09. The van der Waals surface area contributed by atoms with Crippen LogP contribution in [0.25, 0.3) is 10.9 Å². The van der Waals surface area contributed by atoms with Crippen molar-refractivity contribution in [2.75, 3.05) is 10.6 Å². The van der Waals surface area contributed by atoms with Gasteiger partial charge < -0.3 is 19.9 Å². The number of nitrogens with zero attached hydrogens (tertiary/aromatic N) is 3. The summed E-state index contributed by atoms with van der Waals surface area (Å²) in [4.78, 5) is 8.70. The predicted molar refractivity (Wildman–Crippen MR) is 127 cm³/mol. The molecule has 0 fully saturated rings. The molecule has 0 atom stereocenters. The van der Waals surface area contributed by atoms with Crippen LogP contribution >= 0.6 is 0 Å². The van der Waals surface area contributed by atoms with Crippen LogP contribution in [0.5, 0.6) is 11.6 Å². The molecule has 0 radical (unpaired) electrons. The molecular weight excluding hydrogens is 402 g/mol. The van der Waals surface area contributed by atoms with Crippen molar-refractivity contribution in [3.63, 3.8) is 0 Å². The Kier molecular flexibility index (Phi) is 5.57. The van der Waals surface area contributed by atoms with E-state index in [9.17, 15) is 0 Å². The SMILES string of the molecule is C=C(Nc1cccc(Oc2ncnc3cc(C)c(C)cc23)c1)Nc1cc(C(C)(C)C)on1. The topological polar surface area (TPSA) is 85.1 Å². The Morgan fingerprint density at radius 2 is 1.78 bits per heavy atom. The summed E-state index contributed by atoms with van der Waals surface area (Å²) in [5, 5.41) is 11.3. The maximum atomic E-state index is 6.10. The number of nitrogens with one attached hydrogen (secondary N) is 2. The normalized spacial score (nSPS) is 11.4. The van der Waals surface area contributed by atoms with E-state index in [0.717, 1.165) is 27.9 Å². The van der Waals surface area contributed by atoms with Gasteiger partial charge in [-0.2, -0.15) is 0 Å². The Labute approximate surface area is 187 Å². The molecule has 7 nitrogen and oxygen atoms in total. The van der Waals surface area contributed by atoms with Gasteiger partial charge in [0.25, 0.3) is 0 Å². The van der Waals surface area contributed by atoms with Gasteiger partial charge in [-0.15, -0.1) is 0 Å². The van der Waals surface area contributed by atoms with Gasteiger partial charge in [-0.3, -0.25) is 0 Å². The molecular formula is C25H27N5O2. The number of benzene rings is 2. The van der Waals surface area contributed by atoms with Gasteiger partial charge in [0.2, 0.25) is 5.88 Å². The predicted octanol–water partition coefficient (Wildman–Crippen LogP) is 6.32. The first-order chi connectivity index (χ1) is 15.2. The Morgan fingerprint density at radius 3 is 2.53 bits per heavy atom. The molecule has 0 amide bonds. The van der Waals surface area contributed by atoms with Gasteiger partial charge in [0.1, 0.15) is 23.7 Å². The third-order valence-corrected chi connectivity index (χ3v) is 5.09. The molecule has 0 aliphatic rings. The van der Waals surface area contributed by atoms with Gasteiger partial charge in [0.15, 0.2) is 5.82 Å². The van der Waals surface area contributed by atoms with Crippen LogP contribution in [0, 0.1) is 13.8 Å². The van der Waals surface area contributed by atoms with Crippen LogP contribution in [0.2, 0.25) is 0 Å². The third kappa shape index (κ3) is 4.72. The number of aryl methyl sites for hydroxylation is 2. The first-order valence-corrected chi connectivity index (χ1v) is 10.4. The summed E-state index contributed by atoms with van der Waals surface area (Å²) in [6, 6.07) is 13.6. The summed E-state index contributed by atoms with van der Waals surface area (Å²) >= 11 is 0. The molecule has 164 valence electrons. The largest absolute Gasteiger partial charge is 0.438 e. The lowest BCUT2D eigenvalue weighted by Gasteiger charge is -2.13. The second-order valence-electron chi connectivity index (χ2n) is 8.82. The summed E-state index contributed by atoms with van der Waals surface area (Å²) < 4.78 is 11.5. The lowest BCUT2D eigenvalue weighted by Crippen LogP contribution is -2.10. The molecule has 0 aliphatic carbocycles. The van der Waals surface area contributed by atoms with E-state index < -0.39 is 0 Å². The maximum Gasteiger partial charge on any atom is 0.230 e. The number of hydrogen-bond donors (Lipinski definition) is 2. The number of anilines is 2. The minimum Gasteiger partial charge on any atom is -0.438 e. The summed E-state index contributed by atoms with van der Waals surface area (Å²) in [5.41, 5.74) is 3.89. The summed E-state index contributed by atoms with van der Waals surface area (Å²) in [6.45, 7) is 14.4. The van der Waals surface area contributed by atoms with Crippen molar-refractivity contribution in [3.05, 3.63) is 78.1 Å². The molecule has 0 saturated carbocycles. The molecule has 0 spiro atoms. The van der Waals surface area contributed by atoms with Gasteiger partial charge in [0, 0.05) is 23.2 Å². The average Bonchev–Trinajstić information content (AvgIpc) is 3.18. The van der Waals surface area contributed by atoms with Crippen molar-refractivity contribution in [2.24, 2.45) is 0 Å². The van der Waals surface area contributed by atoms with E-state index in [2.05, 4.69) is 73.0 Å². The molecule has 2 aromatic heterocycles. The lowest BCUT2D eigenvalue weighted by atomic mass is 9.93. The zero-order chi connectivity index (χ0) is 22.9. The number of ether oxygens (including phenoxy) is 1. The molecule has 2 heterocycles. The summed E-state index contributed by atoms with van der Waals surface area (Å²) in [7, 11) is 0. The van der Waals surface area contributed by atoms with Crippen LogP contribution < -0.4 is 15.4 Å². The monoisotopic (exact) mass is 429 g/mol. The maximum absolute atomic E-state index is 6.10. The van der Waals surface area contributed by atoms with E-state index in [4.69, 9.17) is 9.26 Å². The Balaban J connectivity index is 1.48. The van der Waals surface area contributed by atoms with Crippen molar-refractivity contribution in [1.82, 2.24) is 15.1 Å². The van der Waals surface area contributed by atoms with E-state index in [1.165, 1.54) is 11.9 Å². The van der Waals surface area contributed by atoms with Crippen LogP contribution in [0.15, 0.2) is 65.7 Å². The fourth-order valence-corrected chi connectivity index (χ4v) is 3.17. The number of aromatic nitrogens is 3. The van der Waals surface area contributed by atoms with Crippen molar-refractivity contribution < 1.29 is 9.26 Å². The molecule has 0 saturated heterocycles. The Bertz CT molecular complexity index is 1290. The van der Waals surface area contributed by atoms with Crippen LogP contribution in [0.4, 0.5) is 11.5 Å². The van der Waals surface area contributed by atoms with E-state index in [1.54, 1.807) is 0 Å². The van der Waals surface area contributed by atoms with E-state index in [1.807, 2.05) is 36.4 Å². The average molecular weight is 430 g/mol. The van der Waals surface area contributed by atoms with Crippen molar-refractivity contribution >= 4 is 22.4 Å². The number of rotatable bonds is 6. The lowest BCUT2D eigenvalue weighted by molar-refractivity contribution is 0.331. The first kappa shape index (κ1) is 21.4. The zero-order valence-electron chi connectivity index (χ0n) is 19.0. The van der Waals surface area contributed by atoms with Crippen LogP contribution in [-0.4, -0.2) is 15.1 Å². The molecule has 4 aromatic rings. The van der Waals surface area contributed by atoms with E-state index >= 15 is 0 Å². The fourth-order valence-electron chi connectivity index (χ4n) is 3.17. The second kappa shape index (κ2) is 8.34. The molecule has 2 aromatic carbocycles. The van der Waals surface area contributed by atoms with Crippen molar-refractivity contribution in [2.45, 2.75) is 40.0 Å². The van der Waals surface area contributed by atoms with Crippen LogP contribution in [0.3, 0.4) is 0 Å². The molecule has 0 aliphatic heterocycles. The highest BCUT2D eigenvalue weighted by atomic mass is 16.5. The van der Waals surface area contributed by atoms with Gasteiger partial charge in [-0.1, -0.05) is 38.6 Å². The smallest absolute Gasteiger partial charge is 0.230 e. The number of fused-ring (bicyclic) bond motifs is 1. The molecule has 2 N–H and O–H groups in total. The Hall–Kier alpha value is -3.87. The highest BCUT2D eigenvalue weighted by Gasteiger charge is 2.19. The number of hydrogen-bond acceptors (Lipinski definition) is 7. The van der Waals surface area contributed by atoms with Gasteiger partial charge in [-0.25, -0.2) is 9.97 Å². The molecule has 0 unspecified atom stereocenters. The van der Waals surface area contributed by atoms with E-state index in [-0.39, 0.29) is 5.41 Å². The second-order valence-corrected chi connectivity index (χ2v) is 8.82. The fraction of sp³-hybridized carbons (Fsp3) is 0.240. The van der Waals surface area contributed by atoms with Gasteiger partial charge >= 0.3 is 0 Å². The first-order valence-electron chi connectivity index (χ1n) is 10.4. The van der Waals surface area contributed by atoms with Crippen LogP contribution in [-0.2, 0) is 5.41 Å². The minimum absolute atomic E-state index is 0.115. The quantitative estimate of drug-likeness (QED) is 0.371. The zero-order valence-corrected chi connectivity index (χ0v) is 19.0. The van der Waals surface area contributed by atoms with E-state index in [0.29, 0.717) is 23.3 Å². The van der Waals surface area contributed by atoms with Crippen LogP contribution in [0.1, 0.15) is 37.7 Å².